The van der Waals surface area contributed by atoms with Gasteiger partial charge in [-0.2, -0.15) is 0 Å². The molecule has 2 aliphatic rings. The predicted octanol–water partition coefficient (Wildman–Crippen LogP) is 6.49. The van der Waals surface area contributed by atoms with Gasteiger partial charge >= 0.3 is 0 Å². The van der Waals surface area contributed by atoms with Gasteiger partial charge in [0.05, 0.1) is 31.5 Å². The van der Waals surface area contributed by atoms with Crippen molar-refractivity contribution < 1.29 is 14.2 Å². The van der Waals surface area contributed by atoms with Crippen LogP contribution in [-0.2, 0) is 14.2 Å². The van der Waals surface area contributed by atoms with Crippen LogP contribution >= 0.6 is 0 Å². The van der Waals surface area contributed by atoms with Crippen LogP contribution in [0.3, 0.4) is 0 Å². The monoisotopic (exact) mass is 396 g/mol. The fraction of sp³-hybridized carbons (Fsp3) is 1.00. The summed E-state index contributed by atoms with van der Waals surface area (Å²) in [6, 6.07) is 0. The zero-order valence-corrected chi connectivity index (χ0v) is 20.5. The molecule has 0 aromatic rings. The molecular formula is C25H48O3. The van der Waals surface area contributed by atoms with Crippen LogP contribution in [0.4, 0.5) is 0 Å². The first-order chi connectivity index (χ1) is 12.7. The lowest BCUT2D eigenvalue weighted by Crippen LogP contribution is -2.53. The summed E-state index contributed by atoms with van der Waals surface area (Å²) >= 11 is 0. The third-order valence-corrected chi connectivity index (χ3v) is 7.17. The highest BCUT2D eigenvalue weighted by atomic mass is 16.6. The molecule has 2 fully saturated rings. The number of hydrogen-bond acceptors (Lipinski definition) is 3. The van der Waals surface area contributed by atoms with Crippen LogP contribution in [0.5, 0.6) is 0 Å². The summed E-state index contributed by atoms with van der Waals surface area (Å²) in [6.07, 6.45) is 5.46. The van der Waals surface area contributed by atoms with E-state index in [2.05, 4.69) is 69.2 Å². The Morgan fingerprint density at radius 3 is 1.57 bits per heavy atom. The molecular weight excluding hydrogens is 348 g/mol. The zero-order valence-electron chi connectivity index (χ0n) is 20.5. The molecule has 0 N–H and O–H groups in total. The Hall–Kier alpha value is -0.120. The molecule has 28 heavy (non-hydrogen) atoms. The van der Waals surface area contributed by atoms with Crippen molar-refractivity contribution in [2.45, 2.75) is 113 Å². The van der Waals surface area contributed by atoms with E-state index in [9.17, 15) is 0 Å². The first-order valence-electron chi connectivity index (χ1n) is 11.5. The highest BCUT2D eigenvalue weighted by Crippen LogP contribution is 2.48. The molecule has 0 aromatic heterocycles. The summed E-state index contributed by atoms with van der Waals surface area (Å²) in [7, 11) is 0. The molecule has 166 valence electrons. The van der Waals surface area contributed by atoms with E-state index in [0.29, 0.717) is 25.2 Å². The molecule has 0 bridgehead atoms. The summed E-state index contributed by atoms with van der Waals surface area (Å²) in [5, 5.41) is 0. The van der Waals surface area contributed by atoms with Crippen LogP contribution in [0.25, 0.3) is 0 Å². The van der Waals surface area contributed by atoms with Crippen molar-refractivity contribution in [2.24, 2.45) is 27.6 Å². The van der Waals surface area contributed by atoms with Crippen molar-refractivity contribution in [2.75, 3.05) is 19.8 Å². The lowest BCUT2D eigenvalue weighted by molar-refractivity contribution is -0.210. The van der Waals surface area contributed by atoms with Gasteiger partial charge in [-0.1, -0.05) is 69.2 Å². The maximum Gasteiger partial charge on any atom is 0.0893 e. The Labute approximate surface area is 175 Å². The highest BCUT2D eigenvalue weighted by Gasteiger charge is 2.47. The molecule has 2 saturated heterocycles. The van der Waals surface area contributed by atoms with Gasteiger partial charge in [-0.15, -0.1) is 0 Å². The van der Waals surface area contributed by atoms with E-state index in [0.717, 1.165) is 13.0 Å². The standard InChI is InChI=1S/C25H48O3/c1-22(2,3)19-18(12-11-15-26-19)24(7,8)13-14-25(9,10)21-20(23(4,5)6)27-16-17-28-21/h18-21H,11-17H2,1-10H3. The molecule has 2 aliphatic heterocycles. The average molecular weight is 397 g/mol. The van der Waals surface area contributed by atoms with Gasteiger partial charge in [0, 0.05) is 6.61 Å². The minimum absolute atomic E-state index is 0.0857. The average Bonchev–Trinajstić information content (AvgIpc) is 2.59. The highest BCUT2D eigenvalue weighted by molar-refractivity contribution is 4.96. The summed E-state index contributed by atoms with van der Waals surface area (Å²) in [6.45, 7) is 25.8. The second-order valence-corrected chi connectivity index (χ2v) is 12.8. The van der Waals surface area contributed by atoms with Gasteiger partial charge in [-0.3, -0.25) is 0 Å². The van der Waals surface area contributed by atoms with Crippen LogP contribution in [0.1, 0.15) is 94.9 Å². The number of ether oxygens (including phenoxy) is 3. The molecule has 2 rings (SSSR count). The lowest BCUT2D eigenvalue weighted by atomic mass is 9.62. The van der Waals surface area contributed by atoms with E-state index in [1.165, 1.54) is 19.3 Å². The van der Waals surface area contributed by atoms with Crippen molar-refractivity contribution in [3.63, 3.8) is 0 Å². The Kier molecular flexibility index (Phi) is 7.38. The largest absolute Gasteiger partial charge is 0.377 e. The second kappa shape index (κ2) is 8.55. The van der Waals surface area contributed by atoms with Crippen molar-refractivity contribution in [1.29, 1.82) is 0 Å². The molecule has 0 aliphatic carbocycles. The number of hydrogen-bond donors (Lipinski definition) is 0. The molecule has 3 nitrogen and oxygen atoms in total. The Morgan fingerprint density at radius 1 is 0.571 bits per heavy atom. The summed E-state index contributed by atoms with van der Waals surface area (Å²) in [5.74, 6) is 0.610. The quantitative estimate of drug-likeness (QED) is 0.531. The summed E-state index contributed by atoms with van der Waals surface area (Å²) < 4.78 is 18.8. The third-order valence-electron chi connectivity index (χ3n) is 7.17. The van der Waals surface area contributed by atoms with E-state index in [1.807, 2.05) is 0 Å². The number of rotatable bonds is 5. The van der Waals surface area contributed by atoms with Crippen molar-refractivity contribution in [3.8, 4) is 0 Å². The maximum atomic E-state index is 6.32. The molecule has 0 spiro atoms. The van der Waals surface area contributed by atoms with Crippen molar-refractivity contribution >= 4 is 0 Å². The fourth-order valence-electron chi connectivity index (χ4n) is 5.27. The minimum atomic E-state index is 0.0857. The maximum absolute atomic E-state index is 6.32. The van der Waals surface area contributed by atoms with Gasteiger partial charge in [0.1, 0.15) is 0 Å². The van der Waals surface area contributed by atoms with Gasteiger partial charge in [-0.05, 0) is 53.3 Å². The molecule has 2 heterocycles. The molecule has 0 amide bonds. The fourth-order valence-corrected chi connectivity index (χ4v) is 5.27. The van der Waals surface area contributed by atoms with Crippen molar-refractivity contribution in [1.82, 2.24) is 0 Å². The second-order valence-electron chi connectivity index (χ2n) is 12.8. The summed E-state index contributed by atoms with van der Waals surface area (Å²) in [5.41, 5.74) is 0.618. The van der Waals surface area contributed by atoms with Gasteiger partial charge in [0.2, 0.25) is 0 Å². The van der Waals surface area contributed by atoms with E-state index in [4.69, 9.17) is 14.2 Å². The van der Waals surface area contributed by atoms with Crippen LogP contribution < -0.4 is 0 Å². The van der Waals surface area contributed by atoms with Crippen LogP contribution in [-0.4, -0.2) is 38.1 Å². The smallest absolute Gasteiger partial charge is 0.0893 e. The van der Waals surface area contributed by atoms with E-state index in [1.54, 1.807) is 0 Å². The van der Waals surface area contributed by atoms with Gasteiger partial charge < -0.3 is 14.2 Å². The molecule has 0 aromatic carbocycles. The summed E-state index contributed by atoms with van der Waals surface area (Å²) in [4.78, 5) is 0. The molecule has 0 radical (unpaired) electrons. The molecule has 4 unspecified atom stereocenters. The Balaban J connectivity index is 2.11. The topological polar surface area (TPSA) is 27.7 Å². The van der Waals surface area contributed by atoms with Gasteiger partial charge in [0.15, 0.2) is 0 Å². The Morgan fingerprint density at radius 2 is 1.04 bits per heavy atom. The van der Waals surface area contributed by atoms with E-state index >= 15 is 0 Å². The molecule has 0 saturated carbocycles. The van der Waals surface area contributed by atoms with E-state index in [-0.39, 0.29) is 33.9 Å². The molecule has 3 heteroatoms. The van der Waals surface area contributed by atoms with Crippen LogP contribution in [0, 0.1) is 27.6 Å². The van der Waals surface area contributed by atoms with Crippen LogP contribution in [0.15, 0.2) is 0 Å². The zero-order chi connectivity index (χ0) is 21.4. The SMILES string of the molecule is CC(C)(C)C1OCCCC1C(C)(C)CCC(C)(C)C1OCCOC1C(C)(C)C. The minimum Gasteiger partial charge on any atom is -0.377 e. The molecule has 4 atom stereocenters. The lowest BCUT2D eigenvalue weighted by Gasteiger charge is -2.50. The predicted molar refractivity (Wildman–Crippen MR) is 118 cm³/mol. The first-order valence-corrected chi connectivity index (χ1v) is 11.5. The van der Waals surface area contributed by atoms with Gasteiger partial charge in [0.25, 0.3) is 0 Å². The van der Waals surface area contributed by atoms with Crippen molar-refractivity contribution in [3.05, 3.63) is 0 Å². The first kappa shape index (κ1) is 24.2. The van der Waals surface area contributed by atoms with E-state index < -0.39 is 0 Å². The normalized spacial score (nSPS) is 31.1. The Bertz CT molecular complexity index is 449. The van der Waals surface area contributed by atoms with Gasteiger partial charge in [-0.25, -0.2) is 0 Å². The van der Waals surface area contributed by atoms with Crippen LogP contribution in [0.2, 0.25) is 0 Å². The third kappa shape index (κ3) is 5.73.